The number of hydrogen-bond donors (Lipinski definition) is 0. The maximum atomic E-state index is 4.93. The second-order valence-corrected chi connectivity index (χ2v) is 34.2. The van der Waals surface area contributed by atoms with Gasteiger partial charge in [-0.05, 0) is 60.5 Å². The van der Waals surface area contributed by atoms with Crippen molar-refractivity contribution in [3.05, 3.63) is 120 Å². The van der Waals surface area contributed by atoms with Crippen molar-refractivity contribution in [1.29, 1.82) is 0 Å². The molecule has 8 rings (SSSR count). The molecule has 0 unspecified atom stereocenters. The minimum absolute atomic E-state index is 0.587. The van der Waals surface area contributed by atoms with Crippen LogP contribution < -0.4 is 10.4 Å². The van der Waals surface area contributed by atoms with Gasteiger partial charge < -0.3 is 0 Å². The molecule has 0 heterocycles. The van der Waals surface area contributed by atoms with Gasteiger partial charge in [0.05, 0.1) is 16.1 Å². The molecule has 0 aromatic heterocycles. The van der Waals surface area contributed by atoms with Crippen LogP contribution in [0.1, 0.15) is 76.3 Å². The van der Waals surface area contributed by atoms with E-state index in [0.717, 1.165) is 9.52 Å². The second-order valence-electron chi connectivity index (χ2n) is 19.3. The maximum absolute atomic E-state index is 4.93. The Morgan fingerprint density at radius 1 is 0.569 bits per heavy atom. The van der Waals surface area contributed by atoms with Gasteiger partial charge in [-0.15, -0.1) is 69.1 Å². The van der Waals surface area contributed by atoms with Crippen LogP contribution in [0.5, 0.6) is 0 Å². The molecule has 0 aliphatic heterocycles. The van der Waals surface area contributed by atoms with E-state index in [1.54, 1.807) is 0 Å². The van der Waals surface area contributed by atoms with Gasteiger partial charge in [-0.2, -0.15) is 12.1 Å². The molecule has 2 saturated carbocycles. The molecule has 0 nitrogen and oxygen atoms in total. The molecule has 2 fully saturated rings. The number of fused-ring (bicyclic) bond motifs is 2. The summed E-state index contributed by atoms with van der Waals surface area (Å²) in [6.07, 6.45) is 13.6. The Kier molecular flexibility index (Phi) is 17.0. The van der Waals surface area contributed by atoms with E-state index in [1.807, 2.05) is 0 Å². The van der Waals surface area contributed by atoms with Crippen molar-refractivity contribution in [3.8, 4) is 22.3 Å². The molecular weight excluding hydrogens is 871 g/mol. The van der Waals surface area contributed by atoms with Gasteiger partial charge in [0.2, 0.25) is 0 Å². The normalized spacial score (nSPS) is 15.4. The van der Waals surface area contributed by atoms with Crippen molar-refractivity contribution in [3.63, 3.8) is 0 Å². The summed E-state index contributed by atoms with van der Waals surface area (Å²) < 4.78 is 0. The summed E-state index contributed by atoms with van der Waals surface area (Å²) in [5, 5.41) is 8.72. The van der Waals surface area contributed by atoms with Crippen molar-refractivity contribution in [2.24, 2.45) is 10.8 Å². The van der Waals surface area contributed by atoms with Gasteiger partial charge in [0.1, 0.15) is 0 Å². The Morgan fingerprint density at radius 3 is 1.16 bits per heavy atom. The topological polar surface area (TPSA) is 0 Å². The van der Waals surface area contributed by atoms with Crippen molar-refractivity contribution in [2.45, 2.75) is 130 Å². The number of rotatable bonds is 10. The summed E-state index contributed by atoms with van der Waals surface area (Å²) in [7, 11) is 8.48. The van der Waals surface area contributed by atoms with Gasteiger partial charge in [0, 0.05) is 9.52 Å². The molecule has 0 atom stereocenters. The molecule has 0 bridgehead atoms. The summed E-state index contributed by atoms with van der Waals surface area (Å²) in [4.78, 5) is 0. The molecule has 2 aliphatic carbocycles. The van der Waals surface area contributed by atoms with E-state index < -0.39 is 37.0 Å². The quantitative estimate of drug-likeness (QED) is 0.0948. The van der Waals surface area contributed by atoms with Crippen molar-refractivity contribution >= 4 is 74.6 Å². The number of hydrogen-bond acceptors (Lipinski definition) is 0. The van der Waals surface area contributed by atoms with Gasteiger partial charge >= 0.3 is 37.9 Å². The fourth-order valence-corrected chi connectivity index (χ4v) is 11.5. The molecule has 6 aromatic rings. The van der Waals surface area contributed by atoms with Gasteiger partial charge in [-0.25, -0.2) is 0 Å². The summed E-state index contributed by atoms with van der Waals surface area (Å²) in [5.41, 5.74) is 9.71. The van der Waals surface area contributed by atoms with Crippen LogP contribution >= 0.6 is 17.0 Å². The monoisotopic (exact) mass is 936 g/mol. The van der Waals surface area contributed by atoms with Crippen LogP contribution in [0, 0.1) is 10.8 Å². The molecular formula is C52H68Cl2Si3Zr. The van der Waals surface area contributed by atoms with Crippen LogP contribution in [0.3, 0.4) is 0 Å². The molecule has 2 aliphatic rings. The molecule has 6 aromatic carbocycles. The first kappa shape index (κ1) is 47.3. The zero-order chi connectivity index (χ0) is 42.1. The van der Waals surface area contributed by atoms with Crippen LogP contribution in [0.25, 0.3) is 43.8 Å². The molecule has 0 N–H and O–H groups in total. The summed E-state index contributed by atoms with van der Waals surface area (Å²) >= 11 is -0.826. The Labute approximate surface area is 376 Å². The summed E-state index contributed by atoms with van der Waals surface area (Å²) in [5.74, 6) is 0. The summed E-state index contributed by atoms with van der Waals surface area (Å²) in [6, 6.07) is 42.1. The molecule has 0 spiro atoms. The van der Waals surface area contributed by atoms with E-state index in [2.05, 4.69) is 175 Å². The predicted octanol–water partition coefficient (Wildman–Crippen LogP) is 16.0. The molecule has 2 radical (unpaired) electrons. The molecule has 6 heteroatoms. The Morgan fingerprint density at radius 2 is 0.897 bits per heavy atom. The van der Waals surface area contributed by atoms with Gasteiger partial charge in [-0.3, -0.25) is 0 Å². The number of benzene rings is 4. The molecule has 0 saturated heterocycles. The van der Waals surface area contributed by atoms with Crippen molar-refractivity contribution < 1.29 is 20.8 Å². The van der Waals surface area contributed by atoms with E-state index in [1.165, 1.54) is 130 Å². The zero-order valence-corrected chi connectivity index (χ0v) is 44.2. The van der Waals surface area contributed by atoms with E-state index in [0.29, 0.717) is 10.8 Å². The van der Waals surface area contributed by atoms with Crippen LogP contribution in [0.4, 0.5) is 0 Å². The SMILES string of the molecule is CCC1(Cc2cc3c(-c4ccc([Si](C)(C)C)cc4)cccc3[cH-]2)CCC1.CCC1(Cc2cc3c(-c4ccc([Si](C)(C)C)cc4)cccc3[cH-]2)CCC1.C[Si]C.[Cl][Zr+2][Cl]. The van der Waals surface area contributed by atoms with Crippen molar-refractivity contribution in [1.82, 2.24) is 0 Å². The van der Waals surface area contributed by atoms with Crippen LogP contribution in [-0.4, -0.2) is 25.7 Å². The Balaban J connectivity index is 0.000000195. The average Bonchev–Trinajstić information content (AvgIpc) is 3.78. The fourth-order valence-electron chi connectivity index (χ4n) is 9.13. The second kappa shape index (κ2) is 20.9. The first-order chi connectivity index (χ1) is 27.6. The van der Waals surface area contributed by atoms with Crippen LogP contribution in [0.2, 0.25) is 52.4 Å². The average molecular weight is 940 g/mol. The minimum atomic E-state index is -1.24. The number of halogens is 2. The zero-order valence-electron chi connectivity index (χ0n) is 37.2. The van der Waals surface area contributed by atoms with Crippen LogP contribution in [0.15, 0.2) is 109 Å². The van der Waals surface area contributed by atoms with E-state index >= 15 is 0 Å². The Hall–Kier alpha value is -1.79. The Bertz CT molecular complexity index is 2000. The third-order valence-corrected chi connectivity index (χ3v) is 17.4. The molecule has 58 heavy (non-hydrogen) atoms. The summed E-state index contributed by atoms with van der Waals surface area (Å²) in [6.45, 7) is 23.5. The third-order valence-electron chi connectivity index (χ3n) is 13.2. The van der Waals surface area contributed by atoms with E-state index in [4.69, 9.17) is 17.0 Å². The molecule has 306 valence electrons. The van der Waals surface area contributed by atoms with E-state index in [9.17, 15) is 0 Å². The molecule has 0 amide bonds. The first-order valence-corrected chi connectivity index (χ1v) is 37.1. The van der Waals surface area contributed by atoms with Crippen LogP contribution in [-0.2, 0) is 33.7 Å². The van der Waals surface area contributed by atoms with Gasteiger partial charge in [-0.1, -0.05) is 174 Å². The van der Waals surface area contributed by atoms with Gasteiger partial charge in [0.15, 0.2) is 0 Å². The fraction of sp³-hybridized carbons (Fsp3) is 0.423. The standard InChI is InChI=1S/2C25H31Si.C2H6Si.2ClH.Zr/c2*1-5-25(14-7-15-25)18-19-16-21-8-6-9-23(24(21)17-19)20-10-12-22(13-11-20)26(2,3)4;1-3-2;;;/h2*6,8-13,16-17H,5,7,14-15,18H2,1-4H3;1-2H3;2*1H;/q2*-1;;;;+4/p-2. The van der Waals surface area contributed by atoms with Crippen molar-refractivity contribution in [2.75, 3.05) is 0 Å². The van der Waals surface area contributed by atoms with E-state index in [-0.39, 0.29) is 0 Å². The van der Waals surface area contributed by atoms with Gasteiger partial charge in [0.25, 0.3) is 0 Å². The third kappa shape index (κ3) is 11.8. The predicted molar refractivity (Wildman–Crippen MR) is 266 cm³/mol. The first-order valence-electron chi connectivity index (χ1n) is 21.8.